The summed E-state index contributed by atoms with van der Waals surface area (Å²) in [6.07, 6.45) is -0.156. The van der Waals surface area contributed by atoms with Crippen LogP contribution in [0.1, 0.15) is 13.3 Å². The van der Waals surface area contributed by atoms with E-state index >= 15 is 0 Å². The Labute approximate surface area is 154 Å². The number of hydrogen-bond donors (Lipinski definition) is 0. The molecule has 2 heterocycles. The molecule has 2 aliphatic rings. The largest absolute Gasteiger partial charge is 0.450 e. The molecule has 3 rings (SSSR count). The predicted octanol–water partition coefficient (Wildman–Crippen LogP) is 1.86. The average molecular weight is 410 g/mol. The fourth-order valence-electron chi connectivity index (χ4n) is 3.22. The van der Waals surface area contributed by atoms with Gasteiger partial charge in [0.1, 0.15) is 0 Å². The molecule has 25 heavy (non-hydrogen) atoms. The Morgan fingerprint density at radius 3 is 2.60 bits per heavy atom. The number of amides is 3. The Kier molecular flexibility index (Phi) is 5.39. The zero-order chi connectivity index (χ0) is 18.0. The molecule has 0 radical (unpaired) electrons. The molecule has 2 saturated heterocycles. The van der Waals surface area contributed by atoms with Crippen LogP contribution in [0.4, 0.5) is 10.5 Å². The quantitative estimate of drug-likeness (QED) is 0.712. The maximum atomic E-state index is 12.8. The third-order valence-electron chi connectivity index (χ3n) is 4.47. The lowest BCUT2D eigenvalue weighted by Gasteiger charge is -2.36. The first-order valence-corrected chi connectivity index (χ1v) is 9.08. The molecule has 1 atom stereocenters. The minimum Gasteiger partial charge on any atom is -0.450 e. The molecule has 0 unspecified atom stereocenters. The van der Waals surface area contributed by atoms with Crippen LogP contribution >= 0.6 is 15.9 Å². The molecule has 2 fully saturated rings. The first kappa shape index (κ1) is 17.9. The fraction of sp³-hybridized carbons (Fsp3) is 0.471. The van der Waals surface area contributed by atoms with Crippen LogP contribution in [0.25, 0.3) is 0 Å². The van der Waals surface area contributed by atoms with Gasteiger partial charge in [-0.15, -0.1) is 0 Å². The SMILES string of the molecule is CCOC(=O)N1CCN([C@H]2CC(=O)N(c3cccc(Br)c3)C2=O)CC1. The van der Waals surface area contributed by atoms with Gasteiger partial charge in [0.05, 0.1) is 24.8 Å². The van der Waals surface area contributed by atoms with Gasteiger partial charge in [0.2, 0.25) is 5.91 Å². The lowest BCUT2D eigenvalue weighted by atomic mass is 10.2. The van der Waals surface area contributed by atoms with E-state index < -0.39 is 6.04 Å². The van der Waals surface area contributed by atoms with Gasteiger partial charge < -0.3 is 9.64 Å². The van der Waals surface area contributed by atoms with Gasteiger partial charge >= 0.3 is 6.09 Å². The van der Waals surface area contributed by atoms with Gasteiger partial charge in [0, 0.05) is 30.7 Å². The summed E-state index contributed by atoms with van der Waals surface area (Å²) in [6.45, 7) is 4.20. The molecule has 7 nitrogen and oxygen atoms in total. The highest BCUT2D eigenvalue weighted by Crippen LogP contribution is 2.28. The van der Waals surface area contributed by atoms with Crippen LogP contribution in [0.2, 0.25) is 0 Å². The summed E-state index contributed by atoms with van der Waals surface area (Å²) in [5.74, 6) is -0.395. The number of benzene rings is 1. The van der Waals surface area contributed by atoms with E-state index in [-0.39, 0.29) is 24.3 Å². The van der Waals surface area contributed by atoms with E-state index in [1.807, 2.05) is 11.0 Å². The van der Waals surface area contributed by atoms with Crippen LogP contribution in [0.5, 0.6) is 0 Å². The molecule has 0 N–H and O–H groups in total. The van der Waals surface area contributed by atoms with Crippen molar-refractivity contribution in [1.29, 1.82) is 0 Å². The number of carbonyl (C=O) groups is 3. The predicted molar refractivity (Wildman–Crippen MR) is 95.2 cm³/mol. The van der Waals surface area contributed by atoms with Gasteiger partial charge in [-0.2, -0.15) is 0 Å². The summed E-state index contributed by atoms with van der Waals surface area (Å²) in [4.78, 5) is 41.8. The maximum absolute atomic E-state index is 12.8. The first-order chi connectivity index (χ1) is 12.0. The number of carbonyl (C=O) groups excluding carboxylic acids is 3. The smallest absolute Gasteiger partial charge is 0.409 e. The number of ether oxygens (including phenoxy) is 1. The summed E-state index contributed by atoms with van der Waals surface area (Å²) in [5.41, 5.74) is 0.581. The van der Waals surface area contributed by atoms with Crippen LogP contribution in [-0.4, -0.2) is 66.5 Å². The van der Waals surface area contributed by atoms with Crippen molar-refractivity contribution in [2.45, 2.75) is 19.4 Å². The number of halogens is 1. The van der Waals surface area contributed by atoms with Crippen molar-refractivity contribution in [2.75, 3.05) is 37.7 Å². The zero-order valence-electron chi connectivity index (χ0n) is 14.0. The molecule has 1 aromatic rings. The van der Waals surface area contributed by atoms with Crippen molar-refractivity contribution in [3.8, 4) is 0 Å². The third kappa shape index (κ3) is 3.69. The van der Waals surface area contributed by atoms with Crippen LogP contribution in [0.15, 0.2) is 28.7 Å². The van der Waals surface area contributed by atoms with E-state index in [2.05, 4.69) is 15.9 Å². The first-order valence-electron chi connectivity index (χ1n) is 8.29. The lowest BCUT2D eigenvalue weighted by Crippen LogP contribution is -2.54. The third-order valence-corrected chi connectivity index (χ3v) is 4.96. The van der Waals surface area contributed by atoms with E-state index in [4.69, 9.17) is 4.74 Å². The molecule has 1 aromatic carbocycles. The minimum absolute atomic E-state index is 0.171. The maximum Gasteiger partial charge on any atom is 0.409 e. The van der Waals surface area contributed by atoms with Crippen LogP contribution in [0, 0.1) is 0 Å². The second kappa shape index (κ2) is 7.53. The molecule has 3 amide bonds. The van der Waals surface area contributed by atoms with Gasteiger partial charge in [-0.05, 0) is 25.1 Å². The number of nitrogens with zero attached hydrogens (tertiary/aromatic N) is 3. The Hall–Kier alpha value is -1.93. The number of rotatable bonds is 3. The Balaban J connectivity index is 1.66. The van der Waals surface area contributed by atoms with E-state index in [0.717, 1.165) is 4.47 Å². The van der Waals surface area contributed by atoms with Crippen molar-refractivity contribution in [3.63, 3.8) is 0 Å². The van der Waals surface area contributed by atoms with Crippen molar-refractivity contribution in [3.05, 3.63) is 28.7 Å². The molecule has 134 valence electrons. The van der Waals surface area contributed by atoms with Gasteiger partial charge in [-0.1, -0.05) is 22.0 Å². The Morgan fingerprint density at radius 2 is 1.96 bits per heavy atom. The number of piperazine rings is 1. The second-order valence-electron chi connectivity index (χ2n) is 5.99. The zero-order valence-corrected chi connectivity index (χ0v) is 15.6. The van der Waals surface area contributed by atoms with Crippen LogP contribution < -0.4 is 4.90 Å². The summed E-state index contributed by atoms with van der Waals surface area (Å²) >= 11 is 3.36. The standard InChI is InChI=1S/C17H20BrN3O4/c1-2-25-17(24)20-8-6-19(7-9-20)14-11-15(22)21(16(14)23)13-5-3-4-12(18)10-13/h3-5,10,14H,2,6-9,11H2,1H3/t14-/m0/s1. The van der Waals surface area contributed by atoms with Crippen LogP contribution in [-0.2, 0) is 14.3 Å². The van der Waals surface area contributed by atoms with Crippen molar-refractivity contribution < 1.29 is 19.1 Å². The van der Waals surface area contributed by atoms with E-state index in [1.165, 1.54) is 4.90 Å². The van der Waals surface area contributed by atoms with Gasteiger partial charge in [-0.25, -0.2) is 9.69 Å². The topological polar surface area (TPSA) is 70.2 Å². The summed E-state index contributed by atoms with van der Waals surface area (Å²) in [7, 11) is 0. The molecule has 2 aliphatic heterocycles. The van der Waals surface area contributed by atoms with Gasteiger partial charge in [0.15, 0.2) is 0 Å². The Morgan fingerprint density at radius 1 is 1.24 bits per heavy atom. The highest BCUT2D eigenvalue weighted by Gasteiger charge is 2.43. The van der Waals surface area contributed by atoms with Crippen molar-refractivity contribution >= 4 is 39.5 Å². The normalized spacial score (nSPS) is 21.8. The average Bonchev–Trinajstić information content (AvgIpc) is 2.90. The van der Waals surface area contributed by atoms with E-state index in [1.54, 1.807) is 30.0 Å². The highest BCUT2D eigenvalue weighted by atomic mass is 79.9. The number of imide groups is 1. The molecular weight excluding hydrogens is 390 g/mol. The fourth-order valence-corrected chi connectivity index (χ4v) is 3.61. The molecule has 0 aliphatic carbocycles. The monoisotopic (exact) mass is 409 g/mol. The molecule has 0 saturated carbocycles. The molecular formula is C17H20BrN3O4. The molecule has 0 spiro atoms. The van der Waals surface area contributed by atoms with Crippen LogP contribution in [0.3, 0.4) is 0 Å². The highest BCUT2D eigenvalue weighted by molar-refractivity contribution is 9.10. The minimum atomic E-state index is -0.462. The Bertz CT molecular complexity index is 688. The van der Waals surface area contributed by atoms with E-state index in [0.29, 0.717) is 38.5 Å². The summed E-state index contributed by atoms with van der Waals surface area (Å²) in [5, 5.41) is 0. The van der Waals surface area contributed by atoms with Crippen molar-refractivity contribution in [1.82, 2.24) is 9.80 Å². The molecule has 0 aromatic heterocycles. The summed E-state index contributed by atoms with van der Waals surface area (Å²) < 4.78 is 5.82. The van der Waals surface area contributed by atoms with Gasteiger partial charge in [0.25, 0.3) is 5.91 Å². The van der Waals surface area contributed by atoms with E-state index in [9.17, 15) is 14.4 Å². The summed E-state index contributed by atoms with van der Waals surface area (Å²) in [6, 6.07) is 6.70. The van der Waals surface area contributed by atoms with Gasteiger partial charge in [-0.3, -0.25) is 14.5 Å². The van der Waals surface area contributed by atoms with Crippen molar-refractivity contribution in [2.24, 2.45) is 0 Å². The lowest BCUT2D eigenvalue weighted by molar-refractivity contribution is -0.123. The number of hydrogen-bond acceptors (Lipinski definition) is 5. The second-order valence-corrected chi connectivity index (χ2v) is 6.90. The number of anilines is 1. The molecule has 8 heteroatoms. The molecule has 0 bridgehead atoms.